The number of rotatable bonds is 4. The normalized spacial score (nSPS) is 10.8. The van der Waals surface area contributed by atoms with Crippen LogP contribution in [0.2, 0.25) is 5.02 Å². The summed E-state index contributed by atoms with van der Waals surface area (Å²) < 4.78 is 5.77. The number of halogens is 1. The van der Waals surface area contributed by atoms with E-state index in [1.165, 1.54) is 5.56 Å². The maximum atomic E-state index is 9.30. The molecule has 0 radical (unpaired) electrons. The number of para-hydroxylation sites is 1. The Bertz CT molecular complexity index is 547. The lowest BCUT2D eigenvalue weighted by molar-refractivity contribution is 0.276. The first kappa shape index (κ1) is 13.9. The van der Waals surface area contributed by atoms with Gasteiger partial charge >= 0.3 is 0 Å². The van der Waals surface area contributed by atoms with Gasteiger partial charge in [-0.25, -0.2) is 0 Å². The molecule has 2 nitrogen and oxygen atoms in total. The molecule has 100 valence electrons. The maximum absolute atomic E-state index is 9.30. The van der Waals surface area contributed by atoms with E-state index in [0.717, 1.165) is 0 Å². The minimum atomic E-state index is -0.0973. The number of hydrogen-bond acceptors (Lipinski definition) is 2. The summed E-state index contributed by atoms with van der Waals surface area (Å²) >= 11 is 6.10. The van der Waals surface area contributed by atoms with Crippen molar-refractivity contribution in [3.05, 3.63) is 58.6 Å². The fourth-order valence-electron chi connectivity index (χ4n) is 1.83. The Labute approximate surface area is 118 Å². The fraction of sp³-hybridized carbons (Fsp3) is 0.250. The van der Waals surface area contributed by atoms with Crippen LogP contribution in [0, 0.1) is 0 Å². The Morgan fingerprint density at radius 1 is 1.11 bits per heavy atom. The third-order valence-electron chi connectivity index (χ3n) is 2.99. The first-order valence-corrected chi connectivity index (χ1v) is 6.65. The molecule has 0 amide bonds. The number of ether oxygens (including phenoxy) is 1. The second-order valence-corrected chi connectivity index (χ2v) is 5.12. The van der Waals surface area contributed by atoms with E-state index in [4.69, 9.17) is 16.3 Å². The van der Waals surface area contributed by atoms with Crippen LogP contribution in [-0.2, 0) is 6.61 Å². The molecular weight excluding hydrogens is 260 g/mol. The van der Waals surface area contributed by atoms with Crippen LogP contribution in [0.15, 0.2) is 42.5 Å². The van der Waals surface area contributed by atoms with Crippen molar-refractivity contribution in [3.63, 3.8) is 0 Å². The fourth-order valence-corrected chi connectivity index (χ4v) is 2.06. The molecule has 0 atom stereocenters. The molecule has 19 heavy (non-hydrogen) atoms. The molecule has 0 saturated carbocycles. The summed E-state index contributed by atoms with van der Waals surface area (Å²) in [6.07, 6.45) is 0. The highest BCUT2D eigenvalue weighted by Crippen LogP contribution is 2.33. The van der Waals surface area contributed by atoms with Crippen molar-refractivity contribution in [1.82, 2.24) is 0 Å². The van der Waals surface area contributed by atoms with Gasteiger partial charge in [-0.15, -0.1) is 0 Å². The SMILES string of the molecule is CC(C)c1ccc(Oc2c(Cl)cccc2CO)cc1. The molecule has 2 rings (SSSR count). The molecule has 0 heterocycles. The van der Waals surface area contributed by atoms with E-state index in [0.29, 0.717) is 28.0 Å². The van der Waals surface area contributed by atoms with Gasteiger partial charge in [0.1, 0.15) is 5.75 Å². The first-order valence-electron chi connectivity index (χ1n) is 6.28. The first-order chi connectivity index (χ1) is 9.11. The van der Waals surface area contributed by atoms with E-state index in [9.17, 15) is 5.11 Å². The zero-order valence-electron chi connectivity index (χ0n) is 11.1. The van der Waals surface area contributed by atoms with Gasteiger partial charge in [-0.1, -0.05) is 49.7 Å². The third-order valence-corrected chi connectivity index (χ3v) is 3.28. The van der Waals surface area contributed by atoms with Gasteiger partial charge in [-0.2, -0.15) is 0 Å². The average molecular weight is 277 g/mol. The Balaban J connectivity index is 2.26. The predicted octanol–water partition coefficient (Wildman–Crippen LogP) is 4.75. The maximum Gasteiger partial charge on any atom is 0.151 e. The molecule has 2 aromatic carbocycles. The van der Waals surface area contributed by atoms with Crippen molar-refractivity contribution >= 4 is 11.6 Å². The zero-order valence-corrected chi connectivity index (χ0v) is 11.8. The Morgan fingerprint density at radius 3 is 2.37 bits per heavy atom. The molecule has 0 aliphatic heterocycles. The van der Waals surface area contributed by atoms with Crippen LogP contribution in [0.25, 0.3) is 0 Å². The van der Waals surface area contributed by atoms with Crippen LogP contribution < -0.4 is 4.74 Å². The van der Waals surface area contributed by atoms with Gasteiger partial charge in [0.25, 0.3) is 0 Å². The van der Waals surface area contributed by atoms with Gasteiger partial charge in [0.15, 0.2) is 5.75 Å². The second-order valence-electron chi connectivity index (χ2n) is 4.71. The van der Waals surface area contributed by atoms with Gasteiger partial charge in [0.05, 0.1) is 11.6 Å². The van der Waals surface area contributed by atoms with Gasteiger partial charge in [0.2, 0.25) is 0 Å². The standard InChI is InChI=1S/C16H17ClO2/c1-11(2)12-6-8-14(9-7-12)19-16-13(10-18)4-3-5-15(16)17/h3-9,11,18H,10H2,1-2H3. The minimum absolute atomic E-state index is 0.0973. The highest BCUT2D eigenvalue weighted by molar-refractivity contribution is 6.32. The average Bonchev–Trinajstić information content (AvgIpc) is 2.41. The Hall–Kier alpha value is -1.51. The second kappa shape index (κ2) is 6.09. The van der Waals surface area contributed by atoms with Crippen molar-refractivity contribution in [2.45, 2.75) is 26.4 Å². The van der Waals surface area contributed by atoms with E-state index >= 15 is 0 Å². The lowest BCUT2D eigenvalue weighted by Gasteiger charge is -2.12. The Morgan fingerprint density at radius 2 is 1.79 bits per heavy atom. The highest BCUT2D eigenvalue weighted by Gasteiger charge is 2.09. The predicted molar refractivity (Wildman–Crippen MR) is 78.0 cm³/mol. The van der Waals surface area contributed by atoms with Crippen molar-refractivity contribution in [3.8, 4) is 11.5 Å². The molecular formula is C16H17ClO2. The summed E-state index contributed by atoms with van der Waals surface area (Å²) in [5.41, 5.74) is 1.94. The molecule has 2 aromatic rings. The van der Waals surface area contributed by atoms with E-state index < -0.39 is 0 Å². The lowest BCUT2D eigenvalue weighted by Crippen LogP contribution is -1.93. The number of aliphatic hydroxyl groups excluding tert-OH is 1. The number of aliphatic hydroxyl groups is 1. The summed E-state index contributed by atoms with van der Waals surface area (Å²) in [7, 11) is 0. The smallest absolute Gasteiger partial charge is 0.151 e. The van der Waals surface area contributed by atoms with Crippen molar-refractivity contribution in [2.75, 3.05) is 0 Å². The van der Waals surface area contributed by atoms with Crippen molar-refractivity contribution in [1.29, 1.82) is 0 Å². The van der Waals surface area contributed by atoms with Crippen LogP contribution in [0.5, 0.6) is 11.5 Å². The monoisotopic (exact) mass is 276 g/mol. The molecule has 1 N–H and O–H groups in total. The third kappa shape index (κ3) is 3.28. The molecule has 0 aliphatic rings. The molecule has 3 heteroatoms. The van der Waals surface area contributed by atoms with Crippen molar-refractivity contribution < 1.29 is 9.84 Å². The molecule has 0 aliphatic carbocycles. The lowest BCUT2D eigenvalue weighted by atomic mass is 10.0. The van der Waals surface area contributed by atoms with Crippen LogP contribution in [-0.4, -0.2) is 5.11 Å². The van der Waals surface area contributed by atoms with Crippen molar-refractivity contribution in [2.24, 2.45) is 0 Å². The van der Waals surface area contributed by atoms with E-state index in [1.807, 2.05) is 24.3 Å². The summed E-state index contributed by atoms with van der Waals surface area (Å²) in [6.45, 7) is 4.20. The summed E-state index contributed by atoms with van der Waals surface area (Å²) in [6, 6.07) is 13.2. The van der Waals surface area contributed by atoms with E-state index in [1.54, 1.807) is 18.2 Å². The summed E-state index contributed by atoms with van der Waals surface area (Å²) in [5, 5.41) is 9.80. The Kier molecular flexibility index (Phi) is 4.46. The molecule has 0 spiro atoms. The number of benzene rings is 2. The van der Waals surface area contributed by atoms with Gasteiger partial charge in [-0.05, 0) is 29.7 Å². The summed E-state index contributed by atoms with van der Waals surface area (Å²) in [4.78, 5) is 0. The molecule has 0 bridgehead atoms. The summed E-state index contributed by atoms with van der Waals surface area (Å²) in [5.74, 6) is 1.72. The zero-order chi connectivity index (χ0) is 13.8. The minimum Gasteiger partial charge on any atom is -0.455 e. The quantitative estimate of drug-likeness (QED) is 0.873. The highest BCUT2D eigenvalue weighted by atomic mass is 35.5. The van der Waals surface area contributed by atoms with Crippen LogP contribution in [0.3, 0.4) is 0 Å². The molecule has 0 fully saturated rings. The molecule has 0 saturated heterocycles. The van der Waals surface area contributed by atoms with Gasteiger partial charge in [0, 0.05) is 5.56 Å². The topological polar surface area (TPSA) is 29.5 Å². The van der Waals surface area contributed by atoms with Crippen LogP contribution in [0.1, 0.15) is 30.9 Å². The van der Waals surface area contributed by atoms with E-state index in [-0.39, 0.29) is 6.61 Å². The van der Waals surface area contributed by atoms with Gasteiger partial charge in [-0.3, -0.25) is 0 Å². The van der Waals surface area contributed by atoms with Gasteiger partial charge < -0.3 is 9.84 Å². The number of hydrogen-bond donors (Lipinski definition) is 1. The van der Waals surface area contributed by atoms with E-state index in [2.05, 4.69) is 13.8 Å². The molecule has 0 unspecified atom stereocenters. The molecule has 0 aromatic heterocycles. The van der Waals surface area contributed by atoms with Crippen LogP contribution >= 0.6 is 11.6 Å². The largest absolute Gasteiger partial charge is 0.455 e. The van der Waals surface area contributed by atoms with Crippen LogP contribution in [0.4, 0.5) is 0 Å².